The second kappa shape index (κ2) is 12.1. The first-order chi connectivity index (χ1) is 18.1. The molecule has 11 heteroatoms. The van der Waals surface area contributed by atoms with Gasteiger partial charge < -0.3 is 21.3 Å². The van der Waals surface area contributed by atoms with Crippen LogP contribution in [0.4, 0.5) is 0 Å². The topological polar surface area (TPSA) is 163 Å². The van der Waals surface area contributed by atoms with E-state index in [1.165, 1.54) is 6.07 Å². The number of nitrogens with zero attached hydrogens (tertiary/aromatic N) is 2. The van der Waals surface area contributed by atoms with Crippen LogP contribution in [-0.2, 0) is 19.6 Å². The lowest BCUT2D eigenvalue weighted by Gasteiger charge is -2.40. The maximum absolute atomic E-state index is 14.0. The zero-order valence-corrected chi connectivity index (χ0v) is 22.5. The highest BCUT2D eigenvalue weighted by Gasteiger charge is 2.36. The van der Waals surface area contributed by atoms with E-state index in [-0.39, 0.29) is 22.8 Å². The Morgan fingerprint density at radius 3 is 2.29 bits per heavy atom. The molecular weight excluding hydrogens is 504 g/mol. The number of amides is 2. The Balaban J connectivity index is 1.57. The fourth-order valence-corrected chi connectivity index (χ4v) is 6.84. The molecule has 0 aromatic heterocycles. The Hall–Kier alpha value is -3.18. The standard InChI is InChI=1S/C27H38N6O4S/c28-25(34)17-24(31-38(36,37)23-11-10-20-6-4-5-7-21(20)16-23)26(35)33(22-8-2-1-3-9-22)18-19-12-14-32(15-13-19)27(29)30/h4-7,10-11,16,19,22,24,31H,1-3,8-9,12-15,17-18H2,(H2,28,34)(H3,29,30). The zero-order valence-electron chi connectivity index (χ0n) is 21.6. The van der Waals surface area contributed by atoms with Crippen LogP contribution in [0.1, 0.15) is 51.4 Å². The summed E-state index contributed by atoms with van der Waals surface area (Å²) in [6.45, 7) is 1.76. The number of primary amides is 1. The van der Waals surface area contributed by atoms with E-state index in [2.05, 4.69) is 4.72 Å². The third kappa shape index (κ3) is 6.82. The fourth-order valence-electron chi connectivity index (χ4n) is 5.62. The molecule has 206 valence electrons. The summed E-state index contributed by atoms with van der Waals surface area (Å²) >= 11 is 0. The van der Waals surface area contributed by atoms with E-state index >= 15 is 0 Å². The van der Waals surface area contributed by atoms with Crippen LogP contribution in [0, 0.1) is 11.3 Å². The van der Waals surface area contributed by atoms with Crippen LogP contribution in [0.3, 0.4) is 0 Å². The number of likely N-dealkylation sites (tertiary alicyclic amines) is 1. The van der Waals surface area contributed by atoms with Crippen LogP contribution in [0.5, 0.6) is 0 Å². The highest BCUT2D eigenvalue weighted by Crippen LogP contribution is 2.27. The van der Waals surface area contributed by atoms with Crippen LogP contribution in [0.25, 0.3) is 10.8 Å². The predicted molar refractivity (Wildman–Crippen MR) is 147 cm³/mol. The highest BCUT2D eigenvalue weighted by molar-refractivity contribution is 7.89. The van der Waals surface area contributed by atoms with E-state index in [1.807, 2.05) is 29.2 Å². The van der Waals surface area contributed by atoms with Crippen molar-refractivity contribution in [3.8, 4) is 0 Å². The lowest BCUT2D eigenvalue weighted by Crippen LogP contribution is -2.55. The molecule has 4 rings (SSSR count). The third-order valence-electron chi connectivity index (χ3n) is 7.74. The lowest BCUT2D eigenvalue weighted by atomic mass is 9.90. The Kier molecular flexibility index (Phi) is 8.88. The number of rotatable bonds is 9. The molecule has 2 amide bonds. The highest BCUT2D eigenvalue weighted by atomic mass is 32.2. The Bertz CT molecular complexity index is 1270. The van der Waals surface area contributed by atoms with Crippen molar-refractivity contribution in [2.75, 3.05) is 19.6 Å². The van der Waals surface area contributed by atoms with E-state index in [1.54, 1.807) is 17.0 Å². The maximum atomic E-state index is 14.0. The first kappa shape index (κ1) is 27.8. The number of nitrogens with one attached hydrogen (secondary N) is 2. The van der Waals surface area contributed by atoms with Gasteiger partial charge >= 0.3 is 0 Å². The minimum Gasteiger partial charge on any atom is -0.370 e. The van der Waals surface area contributed by atoms with Crippen molar-refractivity contribution in [2.45, 2.75) is 68.3 Å². The van der Waals surface area contributed by atoms with E-state index in [4.69, 9.17) is 16.9 Å². The van der Waals surface area contributed by atoms with E-state index in [0.29, 0.717) is 19.6 Å². The molecule has 2 aromatic rings. The summed E-state index contributed by atoms with van der Waals surface area (Å²) in [5.41, 5.74) is 11.1. The van der Waals surface area contributed by atoms with Gasteiger partial charge in [0.05, 0.1) is 11.3 Å². The molecule has 1 saturated heterocycles. The van der Waals surface area contributed by atoms with Gasteiger partial charge in [0, 0.05) is 25.7 Å². The van der Waals surface area contributed by atoms with Gasteiger partial charge in [-0.1, -0.05) is 49.6 Å². The Morgan fingerprint density at radius 1 is 1.00 bits per heavy atom. The predicted octanol–water partition coefficient (Wildman–Crippen LogP) is 2.13. The largest absolute Gasteiger partial charge is 0.370 e. The molecule has 0 radical (unpaired) electrons. The molecule has 1 atom stereocenters. The summed E-state index contributed by atoms with van der Waals surface area (Å²) in [6, 6.07) is 10.9. The molecule has 1 aliphatic heterocycles. The van der Waals surface area contributed by atoms with Crippen LogP contribution >= 0.6 is 0 Å². The van der Waals surface area contributed by atoms with Gasteiger partial charge in [0.25, 0.3) is 0 Å². The number of carbonyl (C=O) groups excluding carboxylic acids is 2. The summed E-state index contributed by atoms with van der Waals surface area (Å²) in [6.07, 6.45) is 5.93. The number of hydrogen-bond acceptors (Lipinski definition) is 5. The van der Waals surface area contributed by atoms with Crippen LogP contribution < -0.4 is 16.2 Å². The molecule has 1 saturated carbocycles. The second-order valence-corrected chi connectivity index (χ2v) is 12.2. The summed E-state index contributed by atoms with van der Waals surface area (Å²) in [7, 11) is -4.11. The molecule has 1 aliphatic carbocycles. The molecule has 1 unspecified atom stereocenters. The van der Waals surface area contributed by atoms with Crippen molar-refractivity contribution < 1.29 is 18.0 Å². The maximum Gasteiger partial charge on any atom is 0.241 e. The van der Waals surface area contributed by atoms with Gasteiger partial charge in [0.2, 0.25) is 21.8 Å². The summed E-state index contributed by atoms with van der Waals surface area (Å²) in [4.78, 5) is 29.6. The normalized spacial score (nSPS) is 18.3. The van der Waals surface area contributed by atoms with Crippen molar-refractivity contribution in [3.05, 3.63) is 42.5 Å². The first-order valence-electron chi connectivity index (χ1n) is 13.3. The van der Waals surface area contributed by atoms with Gasteiger partial charge in [-0.15, -0.1) is 0 Å². The number of benzene rings is 2. The van der Waals surface area contributed by atoms with Gasteiger partial charge in [-0.25, -0.2) is 8.42 Å². The minimum absolute atomic E-state index is 0.0114. The third-order valence-corrected chi connectivity index (χ3v) is 9.21. The van der Waals surface area contributed by atoms with Crippen LogP contribution in [0.2, 0.25) is 0 Å². The monoisotopic (exact) mass is 542 g/mol. The number of sulfonamides is 1. The average Bonchev–Trinajstić information content (AvgIpc) is 2.91. The molecule has 38 heavy (non-hydrogen) atoms. The number of piperidine rings is 1. The lowest BCUT2D eigenvalue weighted by molar-refractivity contribution is -0.138. The number of guanidine groups is 1. The number of nitrogens with two attached hydrogens (primary N) is 2. The summed E-state index contributed by atoms with van der Waals surface area (Å²) in [5, 5.41) is 9.33. The van der Waals surface area contributed by atoms with Crippen molar-refractivity contribution in [2.24, 2.45) is 17.4 Å². The van der Waals surface area contributed by atoms with Crippen molar-refractivity contribution in [1.29, 1.82) is 5.41 Å². The van der Waals surface area contributed by atoms with Gasteiger partial charge in [-0.2, -0.15) is 4.72 Å². The molecule has 6 N–H and O–H groups in total. The number of hydrogen-bond donors (Lipinski definition) is 4. The van der Waals surface area contributed by atoms with Crippen LogP contribution in [-0.4, -0.2) is 67.7 Å². The van der Waals surface area contributed by atoms with E-state index < -0.39 is 34.3 Å². The van der Waals surface area contributed by atoms with E-state index in [0.717, 1.165) is 55.7 Å². The molecule has 2 aliphatic rings. The van der Waals surface area contributed by atoms with Crippen molar-refractivity contribution in [3.63, 3.8) is 0 Å². The minimum atomic E-state index is -4.11. The SMILES string of the molecule is N=C(N)N1CCC(CN(C(=O)C(CC(N)=O)NS(=O)(=O)c2ccc3ccccc3c2)C2CCCCC2)CC1. The van der Waals surface area contributed by atoms with Crippen LogP contribution in [0.15, 0.2) is 47.4 Å². The Morgan fingerprint density at radius 2 is 1.66 bits per heavy atom. The molecule has 2 fully saturated rings. The fraction of sp³-hybridized carbons (Fsp3) is 0.519. The molecule has 10 nitrogen and oxygen atoms in total. The molecule has 2 aromatic carbocycles. The zero-order chi connectivity index (χ0) is 27.3. The average molecular weight is 543 g/mol. The molecule has 0 bridgehead atoms. The number of fused-ring (bicyclic) bond motifs is 1. The quantitative estimate of drug-likeness (QED) is 0.280. The van der Waals surface area contributed by atoms with Crippen molar-refractivity contribution in [1.82, 2.24) is 14.5 Å². The van der Waals surface area contributed by atoms with Gasteiger partial charge in [0.1, 0.15) is 6.04 Å². The van der Waals surface area contributed by atoms with Gasteiger partial charge in [-0.3, -0.25) is 15.0 Å². The first-order valence-corrected chi connectivity index (χ1v) is 14.8. The summed E-state index contributed by atoms with van der Waals surface area (Å²) in [5.74, 6) is -0.909. The van der Waals surface area contributed by atoms with Crippen molar-refractivity contribution >= 4 is 38.6 Å². The molecule has 0 spiro atoms. The molecule has 1 heterocycles. The Labute approximate surface area is 224 Å². The van der Waals surface area contributed by atoms with E-state index in [9.17, 15) is 18.0 Å². The number of carbonyl (C=O) groups is 2. The summed E-state index contributed by atoms with van der Waals surface area (Å²) < 4.78 is 29.3. The molecular formula is C27H38N6O4S. The van der Waals surface area contributed by atoms with Gasteiger partial charge in [0.15, 0.2) is 5.96 Å². The second-order valence-electron chi connectivity index (χ2n) is 10.5. The smallest absolute Gasteiger partial charge is 0.241 e. The van der Waals surface area contributed by atoms with Gasteiger partial charge in [-0.05, 0) is 54.5 Å².